The summed E-state index contributed by atoms with van der Waals surface area (Å²) in [5, 5.41) is 5.07. The maximum Gasteiger partial charge on any atom is 0.325 e. The Kier molecular flexibility index (Phi) is 4.19. The minimum Gasteiger partial charge on any atom is -0.482 e. The van der Waals surface area contributed by atoms with E-state index in [0.717, 1.165) is 0 Å². The number of hydrogen-bond acceptors (Lipinski definition) is 5. The van der Waals surface area contributed by atoms with Gasteiger partial charge in [-0.05, 0) is 25.1 Å². The SMILES string of the molecule is CCOC(=O)CNC(=O)c1ccc2c(c1)OCC(=O)N2. The molecule has 1 heterocycles. The molecule has 106 valence electrons. The number of carbonyl (C=O) groups excluding carboxylic acids is 3. The van der Waals surface area contributed by atoms with Crippen LogP contribution in [-0.2, 0) is 14.3 Å². The number of anilines is 1. The summed E-state index contributed by atoms with van der Waals surface area (Å²) < 4.78 is 9.91. The van der Waals surface area contributed by atoms with Crippen LogP contribution >= 0.6 is 0 Å². The number of nitrogens with one attached hydrogen (secondary N) is 2. The van der Waals surface area contributed by atoms with Crippen LogP contribution in [0.25, 0.3) is 0 Å². The van der Waals surface area contributed by atoms with Gasteiger partial charge in [-0.1, -0.05) is 0 Å². The molecule has 0 aliphatic carbocycles. The predicted octanol–water partition coefficient (Wildman–Crippen LogP) is 0.310. The van der Waals surface area contributed by atoms with Gasteiger partial charge >= 0.3 is 5.97 Å². The number of carbonyl (C=O) groups is 3. The van der Waals surface area contributed by atoms with E-state index in [4.69, 9.17) is 9.47 Å². The first-order chi connectivity index (χ1) is 9.60. The van der Waals surface area contributed by atoms with Gasteiger partial charge in [-0.3, -0.25) is 14.4 Å². The number of fused-ring (bicyclic) bond motifs is 1. The van der Waals surface area contributed by atoms with Crippen molar-refractivity contribution in [2.75, 3.05) is 25.1 Å². The highest BCUT2D eigenvalue weighted by atomic mass is 16.5. The molecule has 0 saturated carbocycles. The van der Waals surface area contributed by atoms with Crippen LogP contribution in [0, 0.1) is 0 Å². The highest BCUT2D eigenvalue weighted by molar-refractivity contribution is 5.99. The van der Waals surface area contributed by atoms with Crippen molar-refractivity contribution in [3.63, 3.8) is 0 Å². The summed E-state index contributed by atoms with van der Waals surface area (Å²) in [6.45, 7) is 1.68. The zero-order valence-corrected chi connectivity index (χ0v) is 10.9. The van der Waals surface area contributed by atoms with Crippen molar-refractivity contribution in [1.82, 2.24) is 5.32 Å². The lowest BCUT2D eigenvalue weighted by molar-refractivity contribution is -0.141. The number of rotatable bonds is 4. The van der Waals surface area contributed by atoms with E-state index in [2.05, 4.69) is 10.6 Å². The minimum absolute atomic E-state index is 0.0824. The van der Waals surface area contributed by atoms with Gasteiger partial charge in [-0.15, -0.1) is 0 Å². The van der Waals surface area contributed by atoms with E-state index in [9.17, 15) is 14.4 Å². The van der Waals surface area contributed by atoms with Gasteiger partial charge in [0.1, 0.15) is 12.3 Å². The maximum absolute atomic E-state index is 11.8. The maximum atomic E-state index is 11.8. The van der Waals surface area contributed by atoms with Gasteiger partial charge in [-0.2, -0.15) is 0 Å². The Morgan fingerprint density at radius 1 is 1.45 bits per heavy atom. The second-order valence-electron chi connectivity index (χ2n) is 4.04. The van der Waals surface area contributed by atoms with Crippen molar-refractivity contribution in [3.05, 3.63) is 23.8 Å². The van der Waals surface area contributed by atoms with E-state index in [0.29, 0.717) is 17.0 Å². The smallest absolute Gasteiger partial charge is 0.325 e. The molecule has 7 nitrogen and oxygen atoms in total. The second kappa shape index (κ2) is 6.05. The Bertz CT molecular complexity index is 556. The van der Waals surface area contributed by atoms with Crippen LogP contribution in [0.2, 0.25) is 0 Å². The zero-order valence-electron chi connectivity index (χ0n) is 10.9. The van der Waals surface area contributed by atoms with Gasteiger partial charge in [-0.25, -0.2) is 0 Å². The summed E-state index contributed by atoms with van der Waals surface area (Å²) in [5.74, 6) is -0.728. The Morgan fingerprint density at radius 3 is 3.00 bits per heavy atom. The Balaban J connectivity index is 2.00. The van der Waals surface area contributed by atoms with Crippen LogP contribution in [0.5, 0.6) is 5.75 Å². The summed E-state index contributed by atoms with van der Waals surface area (Å²) in [5.41, 5.74) is 0.854. The second-order valence-corrected chi connectivity index (χ2v) is 4.04. The quantitative estimate of drug-likeness (QED) is 0.773. The lowest BCUT2D eigenvalue weighted by atomic mass is 10.1. The van der Waals surface area contributed by atoms with Crippen LogP contribution < -0.4 is 15.4 Å². The fourth-order valence-electron chi connectivity index (χ4n) is 1.68. The molecule has 2 rings (SSSR count). The molecule has 1 aromatic rings. The minimum atomic E-state index is -0.498. The molecule has 20 heavy (non-hydrogen) atoms. The van der Waals surface area contributed by atoms with E-state index in [1.807, 2.05) is 0 Å². The molecule has 0 radical (unpaired) electrons. The van der Waals surface area contributed by atoms with Crippen LogP contribution in [0.1, 0.15) is 17.3 Å². The van der Waals surface area contributed by atoms with Crippen molar-refractivity contribution in [1.29, 1.82) is 0 Å². The number of hydrogen-bond donors (Lipinski definition) is 2. The van der Waals surface area contributed by atoms with E-state index < -0.39 is 11.9 Å². The molecule has 7 heteroatoms. The lowest BCUT2D eigenvalue weighted by Crippen LogP contribution is -2.31. The van der Waals surface area contributed by atoms with Crippen molar-refractivity contribution >= 4 is 23.5 Å². The molecular formula is C13H14N2O5. The summed E-state index contributed by atoms with van der Waals surface area (Å²) in [7, 11) is 0. The van der Waals surface area contributed by atoms with Gasteiger partial charge in [0.25, 0.3) is 11.8 Å². The molecule has 1 aromatic carbocycles. The van der Waals surface area contributed by atoms with E-state index in [1.165, 1.54) is 12.1 Å². The first kappa shape index (κ1) is 13.9. The standard InChI is InChI=1S/C13H14N2O5/c1-2-19-12(17)6-14-13(18)8-3-4-9-10(5-8)20-7-11(16)15-9/h3-5H,2,6-7H2,1H3,(H,14,18)(H,15,16). The third-order valence-corrected chi connectivity index (χ3v) is 2.58. The molecule has 0 fully saturated rings. The Morgan fingerprint density at radius 2 is 2.25 bits per heavy atom. The first-order valence-electron chi connectivity index (χ1n) is 6.10. The van der Waals surface area contributed by atoms with E-state index in [1.54, 1.807) is 13.0 Å². The predicted molar refractivity (Wildman–Crippen MR) is 69.5 cm³/mol. The van der Waals surface area contributed by atoms with Gasteiger partial charge in [0, 0.05) is 5.56 Å². The molecule has 2 amide bonds. The lowest BCUT2D eigenvalue weighted by Gasteiger charge is -2.18. The fourth-order valence-corrected chi connectivity index (χ4v) is 1.68. The summed E-state index contributed by atoms with van der Waals surface area (Å²) in [6, 6.07) is 4.62. The van der Waals surface area contributed by atoms with E-state index in [-0.39, 0.29) is 25.7 Å². The summed E-state index contributed by atoms with van der Waals surface area (Å²) >= 11 is 0. The largest absolute Gasteiger partial charge is 0.482 e. The Labute approximate surface area is 115 Å². The molecule has 0 spiro atoms. The Hall–Kier alpha value is -2.57. The molecule has 1 aliphatic heterocycles. The highest BCUT2D eigenvalue weighted by Gasteiger charge is 2.18. The summed E-state index contributed by atoms with van der Waals surface area (Å²) in [4.78, 5) is 34.1. The molecular weight excluding hydrogens is 264 g/mol. The average Bonchev–Trinajstić information content (AvgIpc) is 2.44. The molecule has 0 atom stereocenters. The van der Waals surface area contributed by atoms with Gasteiger partial charge < -0.3 is 20.1 Å². The molecule has 0 bridgehead atoms. The zero-order chi connectivity index (χ0) is 14.5. The normalized spacial score (nSPS) is 12.8. The fraction of sp³-hybridized carbons (Fsp3) is 0.308. The molecule has 0 unspecified atom stereocenters. The number of amides is 2. The monoisotopic (exact) mass is 278 g/mol. The van der Waals surface area contributed by atoms with Crippen molar-refractivity contribution < 1.29 is 23.9 Å². The number of ether oxygens (including phenoxy) is 2. The molecule has 2 N–H and O–H groups in total. The molecule has 0 saturated heterocycles. The average molecular weight is 278 g/mol. The molecule has 1 aliphatic rings. The van der Waals surface area contributed by atoms with Crippen LogP contribution in [-0.4, -0.2) is 37.5 Å². The van der Waals surface area contributed by atoms with Crippen LogP contribution in [0.3, 0.4) is 0 Å². The van der Waals surface area contributed by atoms with Gasteiger partial charge in [0.15, 0.2) is 6.61 Å². The first-order valence-corrected chi connectivity index (χ1v) is 6.10. The number of esters is 1. The third-order valence-electron chi connectivity index (χ3n) is 2.58. The highest BCUT2D eigenvalue weighted by Crippen LogP contribution is 2.28. The number of benzene rings is 1. The molecule has 0 aromatic heterocycles. The van der Waals surface area contributed by atoms with Crippen molar-refractivity contribution in [2.24, 2.45) is 0 Å². The third kappa shape index (κ3) is 3.25. The van der Waals surface area contributed by atoms with Crippen LogP contribution in [0.4, 0.5) is 5.69 Å². The van der Waals surface area contributed by atoms with Crippen molar-refractivity contribution in [3.8, 4) is 5.75 Å². The van der Waals surface area contributed by atoms with Gasteiger partial charge in [0.05, 0.1) is 12.3 Å². The van der Waals surface area contributed by atoms with Crippen LogP contribution in [0.15, 0.2) is 18.2 Å². The topological polar surface area (TPSA) is 93.7 Å². The summed E-state index contributed by atoms with van der Waals surface area (Å²) in [6.07, 6.45) is 0. The van der Waals surface area contributed by atoms with E-state index >= 15 is 0 Å². The van der Waals surface area contributed by atoms with Crippen molar-refractivity contribution in [2.45, 2.75) is 6.92 Å². The van der Waals surface area contributed by atoms with Gasteiger partial charge in [0.2, 0.25) is 0 Å².